The maximum atomic E-state index is 12.2. The molecule has 6 heteroatoms. The molecule has 1 atom stereocenters. The van der Waals surface area contributed by atoms with Gasteiger partial charge in [-0.05, 0) is 56.2 Å². The number of nitrogens with one attached hydrogen (secondary N) is 1. The van der Waals surface area contributed by atoms with Crippen molar-refractivity contribution in [2.45, 2.75) is 30.9 Å². The molecule has 1 unspecified atom stereocenters. The van der Waals surface area contributed by atoms with Gasteiger partial charge in [0.1, 0.15) is 0 Å². The molecule has 2 aromatic rings. The number of nitrogens with zero attached hydrogens (tertiary/aromatic N) is 1. The molecule has 0 radical (unpaired) electrons. The summed E-state index contributed by atoms with van der Waals surface area (Å²) < 4.78 is 0. The normalized spacial score (nSPS) is 11.8. The van der Waals surface area contributed by atoms with Gasteiger partial charge in [0.25, 0.3) is 5.69 Å². The van der Waals surface area contributed by atoms with Crippen molar-refractivity contribution in [3.05, 3.63) is 63.7 Å². The molecule has 0 aliphatic heterocycles. The number of thioether (sulfide) groups is 1. The first kappa shape index (κ1) is 17.0. The molecule has 1 N–H and O–H groups in total. The van der Waals surface area contributed by atoms with Crippen LogP contribution in [-0.2, 0) is 4.79 Å². The van der Waals surface area contributed by atoms with Crippen LogP contribution in [0.5, 0.6) is 0 Å². The van der Waals surface area contributed by atoms with Gasteiger partial charge < -0.3 is 5.32 Å². The minimum absolute atomic E-state index is 0.000512. The molecule has 0 saturated heterocycles. The second-order valence-corrected chi connectivity index (χ2v) is 6.71. The molecular weight excluding hydrogens is 312 g/mol. The Labute approximate surface area is 139 Å². The fraction of sp³-hybridized carbons (Fsp3) is 0.235. The first-order valence-corrected chi connectivity index (χ1v) is 8.04. The number of nitro groups is 1. The molecule has 2 rings (SSSR count). The molecule has 0 aliphatic carbocycles. The minimum atomic E-state index is -0.468. The number of hydrogen-bond acceptors (Lipinski definition) is 4. The van der Waals surface area contributed by atoms with Gasteiger partial charge in [0.2, 0.25) is 5.91 Å². The van der Waals surface area contributed by atoms with Crippen molar-refractivity contribution in [1.29, 1.82) is 0 Å². The summed E-state index contributed by atoms with van der Waals surface area (Å²) in [6, 6.07) is 11.9. The fourth-order valence-electron chi connectivity index (χ4n) is 1.96. The molecule has 1 amide bonds. The Morgan fingerprint density at radius 3 is 2.35 bits per heavy atom. The third-order valence-electron chi connectivity index (χ3n) is 3.51. The van der Waals surface area contributed by atoms with Crippen LogP contribution in [0.15, 0.2) is 47.4 Å². The highest BCUT2D eigenvalue weighted by atomic mass is 32.2. The molecular formula is C17H18N2O3S. The summed E-state index contributed by atoms with van der Waals surface area (Å²) in [6.45, 7) is 5.93. The summed E-state index contributed by atoms with van der Waals surface area (Å²) in [5.41, 5.74) is 2.96. The Balaban J connectivity index is 1.99. The lowest BCUT2D eigenvalue weighted by molar-refractivity contribution is -0.384. The molecule has 2 aromatic carbocycles. The zero-order valence-corrected chi connectivity index (χ0v) is 14.0. The monoisotopic (exact) mass is 330 g/mol. The van der Waals surface area contributed by atoms with Crippen LogP contribution >= 0.6 is 11.8 Å². The SMILES string of the molecule is Cc1ccc(SC(C)C(=O)Nc2ccc([N+](=O)[O-])cc2)cc1C. The van der Waals surface area contributed by atoms with Crippen LogP contribution in [0.2, 0.25) is 0 Å². The number of amides is 1. The number of benzene rings is 2. The van der Waals surface area contributed by atoms with E-state index in [0.717, 1.165) is 4.90 Å². The Bertz CT molecular complexity index is 729. The highest BCUT2D eigenvalue weighted by Crippen LogP contribution is 2.26. The number of carbonyl (C=O) groups excluding carboxylic acids is 1. The van der Waals surface area contributed by atoms with Crippen LogP contribution < -0.4 is 5.32 Å². The molecule has 120 valence electrons. The summed E-state index contributed by atoms with van der Waals surface area (Å²) in [6.07, 6.45) is 0. The minimum Gasteiger partial charge on any atom is -0.325 e. The van der Waals surface area contributed by atoms with Gasteiger partial charge in [0.05, 0.1) is 10.2 Å². The molecule has 23 heavy (non-hydrogen) atoms. The number of rotatable bonds is 5. The van der Waals surface area contributed by atoms with Crippen LogP contribution in [0.25, 0.3) is 0 Å². The number of anilines is 1. The first-order chi connectivity index (χ1) is 10.9. The average molecular weight is 330 g/mol. The van der Waals surface area contributed by atoms with Gasteiger partial charge >= 0.3 is 0 Å². The maximum Gasteiger partial charge on any atom is 0.269 e. The van der Waals surface area contributed by atoms with E-state index in [1.807, 2.05) is 26.0 Å². The van der Waals surface area contributed by atoms with Gasteiger partial charge in [-0.15, -0.1) is 11.8 Å². The standard InChI is InChI=1S/C17H18N2O3S/c1-11-4-9-16(10-12(11)2)23-13(3)17(20)18-14-5-7-15(8-6-14)19(21)22/h4-10,13H,1-3H3,(H,18,20). The molecule has 0 spiro atoms. The second kappa shape index (κ2) is 7.28. The van der Waals surface area contributed by atoms with Crippen molar-refractivity contribution < 1.29 is 9.72 Å². The lowest BCUT2D eigenvalue weighted by atomic mass is 10.1. The van der Waals surface area contributed by atoms with Crippen LogP contribution in [0.1, 0.15) is 18.1 Å². The number of non-ortho nitro benzene ring substituents is 1. The molecule has 0 aliphatic rings. The van der Waals surface area contributed by atoms with Gasteiger partial charge in [-0.3, -0.25) is 14.9 Å². The third-order valence-corrected chi connectivity index (χ3v) is 4.60. The largest absolute Gasteiger partial charge is 0.325 e. The van der Waals surface area contributed by atoms with Crippen LogP contribution in [0.4, 0.5) is 11.4 Å². The Morgan fingerprint density at radius 2 is 1.78 bits per heavy atom. The van der Waals surface area contributed by atoms with E-state index in [1.54, 1.807) is 0 Å². The van der Waals surface area contributed by atoms with Crippen molar-refractivity contribution in [3.8, 4) is 0 Å². The number of hydrogen-bond donors (Lipinski definition) is 1. The lowest BCUT2D eigenvalue weighted by Gasteiger charge is -2.13. The van der Waals surface area contributed by atoms with E-state index in [1.165, 1.54) is 47.2 Å². The number of aryl methyl sites for hydroxylation is 2. The van der Waals surface area contributed by atoms with E-state index in [9.17, 15) is 14.9 Å². The maximum absolute atomic E-state index is 12.2. The Morgan fingerprint density at radius 1 is 1.13 bits per heavy atom. The van der Waals surface area contributed by atoms with E-state index < -0.39 is 4.92 Å². The number of carbonyl (C=O) groups is 1. The van der Waals surface area contributed by atoms with Crippen molar-refractivity contribution in [2.75, 3.05) is 5.32 Å². The summed E-state index contributed by atoms with van der Waals surface area (Å²) >= 11 is 1.48. The summed E-state index contributed by atoms with van der Waals surface area (Å²) in [5.74, 6) is -0.137. The van der Waals surface area contributed by atoms with E-state index in [0.29, 0.717) is 5.69 Å². The van der Waals surface area contributed by atoms with Gasteiger partial charge in [-0.2, -0.15) is 0 Å². The average Bonchev–Trinajstić information content (AvgIpc) is 2.51. The summed E-state index contributed by atoms with van der Waals surface area (Å²) in [5, 5.41) is 13.1. The summed E-state index contributed by atoms with van der Waals surface area (Å²) in [4.78, 5) is 23.4. The van der Waals surface area contributed by atoms with Crippen molar-refractivity contribution in [2.24, 2.45) is 0 Å². The van der Waals surface area contributed by atoms with Crippen LogP contribution in [0.3, 0.4) is 0 Å². The first-order valence-electron chi connectivity index (χ1n) is 7.16. The molecule has 0 aromatic heterocycles. The van der Waals surface area contributed by atoms with Crippen LogP contribution in [0, 0.1) is 24.0 Å². The molecule has 0 bridgehead atoms. The zero-order chi connectivity index (χ0) is 17.0. The predicted molar refractivity (Wildman–Crippen MR) is 93.0 cm³/mol. The van der Waals surface area contributed by atoms with E-state index in [2.05, 4.69) is 18.3 Å². The molecule has 5 nitrogen and oxygen atoms in total. The van der Waals surface area contributed by atoms with Gasteiger partial charge in [-0.25, -0.2) is 0 Å². The molecule has 0 heterocycles. The quantitative estimate of drug-likeness (QED) is 0.503. The Kier molecular flexibility index (Phi) is 5.39. The highest BCUT2D eigenvalue weighted by Gasteiger charge is 2.15. The molecule has 0 saturated carbocycles. The Hall–Kier alpha value is -2.34. The van der Waals surface area contributed by atoms with Crippen molar-refractivity contribution >= 4 is 29.0 Å². The van der Waals surface area contributed by atoms with Gasteiger partial charge in [0, 0.05) is 22.7 Å². The summed E-state index contributed by atoms with van der Waals surface area (Å²) in [7, 11) is 0. The van der Waals surface area contributed by atoms with Crippen molar-refractivity contribution in [1.82, 2.24) is 0 Å². The fourth-order valence-corrected chi connectivity index (χ4v) is 2.92. The zero-order valence-electron chi connectivity index (χ0n) is 13.2. The topological polar surface area (TPSA) is 72.2 Å². The second-order valence-electron chi connectivity index (χ2n) is 5.30. The number of nitro benzene ring substituents is 1. The van der Waals surface area contributed by atoms with E-state index >= 15 is 0 Å². The van der Waals surface area contributed by atoms with E-state index in [-0.39, 0.29) is 16.8 Å². The van der Waals surface area contributed by atoms with Crippen molar-refractivity contribution in [3.63, 3.8) is 0 Å². The van der Waals surface area contributed by atoms with Gasteiger partial charge in [0.15, 0.2) is 0 Å². The van der Waals surface area contributed by atoms with E-state index in [4.69, 9.17) is 0 Å². The van der Waals surface area contributed by atoms with Crippen LogP contribution in [-0.4, -0.2) is 16.1 Å². The smallest absolute Gasteiger partial charge is 0.269 e. The lowest BCUT2D eigenvalue weighted by Crippen LogP contribution is -2.22. The highest BCUT2D eigenvalue weighted by molar-refractivity contribution is 8.00. The molecule has 0 fully saturated rings. The van der Waals surface area contributed by atoms with Gasteiger partial charge in [-0.1, -0.05) is 6.07 Å². The third kappa shape index (κ3) is 4.56. The predicted octanol–water partition coefficient (Wildman–Crippen LogP) is 4.33.